The molecule has 0 aromatic heterocycles. The molecule has 2 unspecified atom stereocenters. The highest BCUT2D eigenvalue weighted by Crippen LogP contribution is 2.72. The first-order valence-corrected chi connectivity index (χ1v) is 7.51. The maximum absolute atomic E-state index is 10.6. The minimum atomic E-state index is -0.337. The van der Waals surface area contributed by atoms with E-state index in [1.54, 1.807) is 0 Å². The second-order valence-electron chi connectivity index (χ2n) is 7.34. The molecule has 1 heteroatoms. The first-order chi connectivity index (χ1) is 8.73. The van der Waals surface area contributed by atoms with Gasteiger partial charge in [-0.2, -0.15) is 0 Å². The molecule has 1 aromatic carbocycles. The molecular weight excluding hydrogens is 232 g/mol. The van der Waals surface area contributed by atoms with Gasteiger partial charge in [0, 0.05) is 5.92 Å². The minimum absolute atomic E-state index is 0.224. The molecule has 1 aliphatic rings. The summed E-state index contributed by atoms with van der Waals surface area (Å²) in [6, 6.07) is 8.57. The van der Waals surface area contributed by atoms with Crippen molar-refractivity contribution in [2.24, 2.45) is 16.7 Å². The van der Waals surface area contributed by atoms with Crippen molar-refractivity contribution in [3.8, 4) is 0 Å². The predicted molar refractivity (Wildman–Crippen MR) is 81.2 cm³/mol. The summed E-state index contributed by atoms with van der Waals surface area (Å²) in [4.78, 5) is 0. The third-order valence-electron chi connectivity index (χ3n) is 5.91. The van der Waals surface area contributed by atoms with E-state index in [9.17, 15) is 5.11 Å². The van der Waals surface area contributed by atoms with Gasteiger partial charge in [0.25, 0.3) is 0 Å². The maximum Gasteiger partial charge on any atom is 0.0828 e. The van der Waals surface area contributed by atoms with Crippen LogP contribution < -0.4 is 0 Å². The lowest BCUT2D eigenvalue weighted by Crippen LogP contribution is -2.05. The summed E-state index contributed by atoms with van der Waals surface area (Å²) in [6.45, 7) is 13.5. The largest absolute Gasteiger partial charge is 0.388 e. The zero-order valence-electron chi connectivity index (χ0n) is 13.2. The van der Waals surface area contributed by atoms with Crippen LogP contribution in [-0.2, 0) is 0 Å². The number of benzene rings is 1. The van der Waals surface area contributed by atoms with Gasteiger partial charge in [-0.15, -0.1) is 0 Å². The molecule has 106 valence electrons. The van der Waals surface area contributed by atoms with Crippen molar-refractivity contribution in [3.63, 3.8) is 0 Å². The molecule has 0 heterocycles. The van der Waals surface area contributed by atoms with E-state index in [1.165, 1.54) is 5.56 Å². The van der Waals surface area contributed by atoms with Crippen LogP contribution in [0.3, 0.4) is 0 Å². The molecule has 0 spiro atoms. The van der Waals surface area contributed by atoms with Crippen LogP contribution >= 0.6 is 0 Å². The second-order valence-corrected chi connectivity index (χ2v) is 7.34. The van der Waals surface area contributed by atoms with Crippen LogP contribution in [0.5, 0.6) is 0 Å². The van der Waals surface area contributed by atoms with Gasteiger partial charge >= 0.3 is 0 Å². The van der Waals surface area contributed by atoms with Crippen LogP contribution in [0.15, 0.2) is 24.3 Å². The van der Waals surface area contributed by atoms with Gasteiger partial charge in [0.15, 0.2) is 0 Å². The van der Waals surface area contributed by atoms with Crippen LogP contribution in [0.1, 0.15) is 71.1 Å². The standard InChI is InChI=1S/C18H28O/c1-7-12(2)13-8-10-14(11-9-13)15(19)16-17(3,4)18(16,5)6/h8-12,15-16,19H,7H2,1-6H3. The van der Waals surface area contributed by atoms with Crippen LogP contribution in [0.25, 0.3) is 0 Å². The molecule has 1 saturated carbocycles. The molecule has 1 N–H and O–H groups in total. The molecule has 0 saturated heterocycles. The van der Waals surface area contributed by atoms with Crippen molar-refractivity contribution < 1.29 is 5.11 Å². The Morgan fingerprint density at radius 1 is 1.00 bits per heavy atom. The van der Waals surface area contributed by atoms with E-state index in [-0.39, 0.29) is 16.9 Å². The van der Waals surface area contributed by atoms with Crippen molar-refractivity contribution in [3.05, 3.63) is 35.4 Å². The van der Waals surface area contributed by atoms with Crippen LogP contribution in [0.4, 0.5) is 0 Å². The average molecular weight is 260 g/mol. The SMILES string of the molecule is CCC(C)c1ccc(C(O)C2C(C)(C)C2(C)C)cc1. The Morgan fingerprint density at radius 3 is 1.79 bits per heavy atom. The Kier molecular flexibility index (Phi) is 3.55. The van der Waals surface area contributed by atoms with Gasteiger partial charge in [-0.3, -0.25) is 0 Å². The summed E-state index contributed by atoms with van der Waals surface area (Å²) in [5.41, 5.74) is 2.88. The molecule has 1 aliphatic carbocycles. The van der Waals surface area contributed by atoms with E-state index in [2.05, 4.69) is 65.8 Å². The summed E-state index contributed by atoms with van der Waals surface area (Å²) in [7, 11) is 0. The molecule has 0 radical (unpaired) electrons. The van der Waals surface area contributed by atoms with Crippen molar-refractivity contribution in [2.75, 3.05) is 0 Å². The molecule has 0 bridgehead atoms. The minimum Gasteiger partial charge on any atom is -0.388 e. The third kappa shape index (κ3) is 2.23. The monoisotopic (exact) mass is 260 g/mol. The van der Waals surface area contributed by atoms with Gasteiger partial charge in [-0.1, -0.05) is 65.8 Å². The first-order valence-electron chi connectivity index (χ1n) is 7.51. The van der Waals surface area contributed by atoms with E-state index >= 15 is 0 Å². The van der Waals surface area contributed by atoms with E-state index < -0.39 is 0 Å². The summed E-state index contributed by atoms with van der Waals surface area (Å²) in [5.74, 6) is 0.953. The average Bonchev–Trinajstić information content (AvgIpc) is 2.78. The molecule has 19 heavy (non-hydrogen) atoms. The predicted octanol–water partition coefficient (Wildman–Crippen LogP) is 4.92. The zero-order valence-corrected chi connectivity index (χ0v) is 13.2. The second kappa shape index (κ2) is 4.63. The van der Waals surface area contributed by atoms with Crippen LogP contribution in [0.2, 0.25) is 0 Å². The fourth-order valence-corrected chi connectivity index (χ4v) is 3.49. The van der Waals surface area contributed by atoms with Gasteiger partial charge in [-0.05, 0) is 34.3 Å². The Bertz CT molecular complexity index is 427. The topological polar surface area (TPSA) is 20.2 Å². The van der Waals surface area contributed by atoms with Crippen molar-refractivity contribution >= 4 is 0 Å². The van der Waals surface area contributed by atoms with Crippen molar-refractivity contribution in [1.29, 1.82) is 0 Å². The van der Waals surface area contributed by atoms with Gasteiger partial charge in [0.2, 0.25) is 0 Å². The van der Waals surface area contributed by atoms with Crippen LogP contribution in [0, 0.1) is 16.7 Å². The Hall–Kier alpha value is -0.820. The van der Waals surface area contributed by atoms with Gasteiger partial charge in [-0.25, -0.2) is 0 Å². The number of aliphatic hydroxyl groups is 1. The van der Waals surface area contributed by atoms with E-state index in [1.807, 2.05) is 0 Å². The highest BCUT2D eigenvalue weighted by atomic mass is 16.3. The quantitative estimate of drug-likeness (QED) is 0.815. The van der Waals surface area contributed by atoms with Gasteiger partial charge in [0.05, 0.1) is 6.10 Å². The highest BCUT2D eigenvalue weighted by molar-refractivity contribution is 5.30. The van der Waals surface area contributed by atoms with E-state index in [0.717, 1.165) is 12.0 Å². The lowest BCUT2D eigenvalue weighted by molar-refractivity contribution is 0.130. The third-order valence-corrected chi connectivity index (χ3v) is 5.91. The number of hydrogen-bond acceptors (Lipinski definition) is 1. The Morgan fingerprint density at radius 2 is 1.42 bits per heavy atom. The summed E-state index contributed by atoms with van der Waals surface area (Å²) < 4.78 is 0. The molecule has 0 amide bonds. The van der Waals surface area contributed by atoms with Gasteiger partial charge < -0.3 is 5.11 Å². The molecule has 2 atom stereocenters. The molecule has 1 fully saturated rings. The fraction of sp³-hybridized carbons (Fsp3) is 0.667. The molecular formula is C18H28O. The number of rotatable bonds is 4. The normalized spacial score (nSPS) is 23.9. The number of aliphatic hydroxyl groups excluding tert-OH is 1. The highest BCUT2D eigenvalue weighted by Gasteiger charge is 2.67. The molecule has 1 nitrogen and oxygen atoms in total. The van der Waals surface area contributed by atoms with Crippen molar-refractivity contribution in [2.45, 2.75) is 60.0 Å². The zero-order chi connectivity index (χ0) is 14.4. The Balaban J connectivity index is 2.16. The molecule has 1 aromatic rings. The van der Waals surface area contributed by atoms with Crippen LogP contribution in [-0.4, -0.2) is 5.11 Å². The summed E-state index contributed by atoms with van der Waals surface area (Å²) >= 11 is 0. The first kappa shape index (κ1) is 14.6. The molecule has 0 aliphatic heterocycles. The maximum atomic E-state index is 10.6. The van der Waals surface area contributed by atoms with E-state index in [0.29, 0.717) is 11.8 Å². The lowest BCUT2D eigenvalue weighted by atomic mass is 9.94. The van der Waals surface area contributed by atoms with E-state index in [4.69, 9.17) is 0 Å². The summed E-state index contributed by atoms with van der Waals surface area (Å²) in [5, 5.41) is 10.6. The Labute approximate surface area is 118 Å². The van der Waals surface area contributed by atoms with Gasteiger partial charge in [0.1, 0.15) is 0 Å². The van der Waals surface area contributed by atoms with Crippen molar-refractivity contribution in [1.82, 2.24) is 0 Å². The lowest BCUT2D eigenvalue weighted by Gasteiger charge is -2.15. The number of hydrogen-bond donors (Lipinski definition) is 1. The smallest absolute Gasteiger partial charge is 0.0828 e. The summed E-state index contributed by atoms with van der Waals surface area (Å²) in [6.07, 6.45) is 0.820. The molecule has 2 rings (SSSR count). The fourth-order valence-electron chi connectivity index (χ4n) is 3.49.